The Kier molecular flexibility index (Phi) is 4.75. The van der Waals surface area contributed by atoms with Gasteiger partial charge in [0.1, 0.15) is 0 Å². The van der Waals surface area contributed by atoms with Crippen LogP contribution >= 0.6 is 0 Å². The normalized spacial score (nSPS) is 10.8. The summed E-state index contributed by atoms with van der Waals surface area (Å²) >= 11 is 0. The molecule has 2 N–H and O–H groups in total. The molecule has 0 aliphatic heterocycles. The standard InChI is InChI=1S/C20H21N4O2/c1-12-5-6-15(16-9-22-24(4)11-16)8-17(12)19(25)21-10-18-13(2)7-14(3)23-20(18)26/h5-7,9,11H,10H2,1-4H3,(H,21,25)(H,23,26). The summed E-state index contributed by atoms with van der Waals surface area (Å²) in [5, 5.41) is 6.98. The third kappa shape index (κ3) is 3.59. The van der Waals surface area contributed by atoms with Crippen LogP contribution in [0.15, 0.2) is 35.4 Å². The molecule has 0 aliphatic rings. The molecule has 0 atom stereocenters. The first-order valence-electron chi connectivity index (χ1n) is 8.34. The minimum Gasteiger partial charge on any atom is -0.348 e. The molecule has 6 heteroatoms. The van der Waals surface area contributed by atoms with E-state index in [1.165, 1.54) is 0 Å². The first-order chi connectivity index (χ1) is 12.3. The average Bonchev–Trinajstić information content (AvgIpc) is 3.00. The van der Waals surface area contributed by atoms with Gasteiger partial charge in [0.15, 0.2) is 0 Å². The molecule has 0 saturated heterocycles. The monoisotopic (exact) mass is 349 g/mol. The van der Waals surface area contributed by atoms with Gasteiger partial charge in [-0.05, 0) is 43.5 Å². The van der Waals surface area contributed by atoms with Crippen molar-refractivity contribution in [3.63, 3.8) is 0 Å². The zero-order valence-electron chi connectivity index (χ0n) is 15.3. The molecule has 2 aromatic heterocycles. The summed E-state index contributed by atoms with van der Waals surface area (Å²) in [6.07, 6.45) is 3.61. The molecular weight excluding hydrogens is 328 g/mol. The molecule has 6 nitrogen and oxygen atoms in total. The summed E-state index contributed by atoms with van der Waals surface area (Å²) in [5.74, 6) is -0.257. The second kappa shape index (κ2) is 7.00. The third-order valence-corrected chi connectivity index (χ3v) is 4.32. The Hall–Kier alpha value is -3.15. The van der Waals surface area contributed by atoms with E-state index >= 15 is 0 Å². The topological polar surface area (TPSA) is 79.8 Å². The number of carbonyl (C=O) groups is 1. The number of aromatic nitrogens is 3. The molecule has 0 unspecified atom stereocenters. The Labute approximate surface area is 151 Å². The lowest BCUT2D eigenvalue weighted by Gasteiger charge is -2.10. The quantitative estimate of drug-likeness (QED) is 0.759. The molecule has 0 saturated carbocycles. The summed E-state index contributed by atoms with van der Waals surface area (Å²) in [7, 11) is 1.84. The fraction of sp³-hybridized carbons (Fsp3) is 0.250. The van der Waals surface area contributed by atoms with Crippen LogP contribution in [0.5, 0.6) is 0 Å². The van der Waals surface area contributed by atoms with Crippen LogP contribution in [0.1, 0.15) is 32.7 Å². The second-order valence-electron chi connectivity index (χ2n) is 6.46. The van der Waals surface area contributed by atoms with E-state index in [1.807, 2.05) is 52.2 Å². The summed E-state index contributed by atoms with van der Waals surface area (Å²) in [5.41, 5.74) is 5.03. The third-order valence-electron chi connectivity index (χ3n) is 4.32. The lowest BCUT2D eigenvalue weighted by atomic mass is 10.0. The van der Waals surface area contributed by atoms with E-state index < -0.39 is 0 Å². The summed E-state index contributed by atoms with van der Waals surface area (Å²) in [6, 6.07) is 8.86. The van der Waals surface area contributed by atoms with E-state index in [2.05, 4.69) is 21.5 Å². The predicted molar refractivity (Wildman–Crippen MR) is 99.9 cm³/mol. The number of hydrogen-bond acceptors (Lipinski definition) is 3. The maximum atomic E-state index is 12.6. The number of amides is 1. The lowest BCUT2D eigenvalue weighted by Crippen LogP contribution is -2.28. The van der Waals surface area contributed by atoms with Crippen molar-refractivity contribution in [3.05, 3.63) is 75.0 Å². The number of rotatable bonds is 4. The van der Waals surface area contributed by atoms with Gasteiger partial charge in [-0.25, -0.2) is 0 Å². The van der Waals surface area contributed by atoms with Gasteiger partial charge in [-0.2, -0.15) is 5.10 Å². The molecule has 26 heavy (non-hydrogen) atoms. The molecule has 0 spiro atoms. The van der Waals surface area contributed by atoms with Gasteiger partial charge in [-0.3, -0.25) is 14.3 Å². The lowest BCUT2D eigenvalue weighted by molar-refractivity contribution is 0.0950. The van der Waals surface area contributed by atoms with Crippen molar-refractivity contribution in [1.29, 1.82) is 0 Å². The Morgan fingerprint density at radius 1 is 1.27 bits per heavy atom. The fourth-order valence-corrected chi connectivity index (χ4v) is 2.89. The van der Waals surface area contributed by atoms with Crippen LogP contribution in [0.3, 0.4) is 0 Å². The number of aryl methyl sites for hydroxylation is 4. The number of aromatic amines is 1. The van der Waals surface area contributed by atoms with E-state index in [9.17, 15) is 9.59 Å². The molecule has 3 rings (SSSR count). The van der Waals surface area contributed by atoms with Gasteiger partial charge in [-0.15, -0.1) is 0 Å². The van der Waals surface area contributed by atoms with Gasteiger partial charge < -0.3 is 10.3 Å². The molecule has 0 aliphatic carbocycles. The zero-order chi connectivity index (χ0) is 18.8. The van der Waals surface area contributed by atoms with Crippen LogP contribution in [0.2, 0.25) is 0 Å². The minimum absolute atomic E-state index is 0.171. The number of nitrogens with zero attached hydrogens (tertiary/aromatic N) is 2. The van der Waals surface area contributed by atoms with Crippen LogP contribution in [-0.4, -0.2) is 20.7 Å². The number of benzene rings is 1. The van der Waals surface area contributed by atoms with E-state index in [1.54, 1.807) is 10.9 Å². The first-order valence-corrected chi connectivity index (χ1v) is 8.34. The van der Waals surface area contributed by atoms with E-state index in [4.69, 9.17) is 0 Å². The maximum Gasteiger partial charge on any atom is 0.253 e. The van der Waals surface area contributed by atoms with Crippen molar-refractivity contribution in [1.82, 2.24) is 20.1 Å². The van der Waals surface area contributed by atoms with E-state index in [0.29, 0.717) is 11.1 Å². The Balaban J connectivity index is 1.83. The smallest absolute Gasteiger partial charge is 0.253 e. The van der Waals surface area contributed by atoms with Crippen LogP contribution < -0.4 is 10.9 Å². The molecule has 1 amide bonds. The highest BCUT2D eigenvalue weighted by Crippen LogP contribution is 2.21. The molecule has 133 valence electrons. The average molecular weight is 349 g/mol. The van der Waals surface area contributed by atoms with E-state index in [0.717, 1.165) is 27.9 Å². The predicted octanol–water partition coefficient (Wildman–Crippen LogP) is 2.43. The number of hydrogen-bond donors (Lipinski definition) is 2. The minimum atomic E-state index is -0.257. The Morgan fingerprint density at radius 2 is 2.04 bits per heavy atom. The number of carbonyl (C=O) groups excluding carboxylic acids is 1. The largest absolute Gasteiger partial charge is 0.348 e. The van der Waals surface area contributed by atoms with Gasteiger partial charge in [0, 0.05) is 42.7 Å². The Bertz CT molecular complexity index is 1030. The van der Waals surface area contributed by atoms with Crippen LogP contribution in [-0.2, 0) is 13.6 Å². The fourth-order valence-electron chi connectivity index (χ4n) is 2.89. The van der Waals surface area contributed by atoms with Gasteiger partial charge in [0.25, 0.3) is 11.5 Å². The molecule has 0 bridgehead atoms. The number of nitrogens with one attached hydrogen (secondary N) is 2. The molecule has 1 radical (unpaired) electrons. The molecular formula is C20H21N4O2. The molecule has 0 fully saturated rings. The first kappa shape index (κ1) is 17.7. The molecule has 3 aromatic rings. The van der Waals surface area contributed by atoms with Gasteiger partial charge in [0.05, 0.1) is 11.8 Å². The maximum absolute atomic E-state index is 12.6. The second-order valence-corrected chi connectivity index (χ2v) is 6.46. The van der Waals surface area contributed by atoms with E-state index in [-0.39, 0.29) is 18.0 Å². The Morgan fingerprint density at radius 3 is 2.69 bits per heavy atom. The number of pyridine rings is 1. The van der Waals surface area contributed by atoms with Gasteiger partial charge in [-0.1, -0.05) is 12.1 Å². The van der Waals surface area contributed by atoms with Crippen LogP contribution in [0.25, 0.3) is 11.1 Å². The van der Waals surface area contributed by atoms with Crippen LogP contribution in [0, 0.1) is 26.8 Å². The van der Waals surface area contributed by atoms with Crippen molar-refractivity contribution in [2.75, 3.05) is 0 Å². The van der Waals surface area contributed by atoms with Crippen molar-refractivity contribution in [3.8, 4) is 11.1 Å². The van der Waals surface area contributed by atoms with Crippen LogP contribution in [0.4, 0.5) is 0 Å². The van der Waals surface area contributed by atoms with Crippen molar-refractivity contribution >= 4 is 5.91 Å². The highest BCUT2D eigenvalue weighted by Gasteiger charge is 2.13. The number of H-pyrrole nitrogens is 1. The highest BCUT2D eigenvalue weighted by molar-refractivity contribution is 5.96. The summed E-state index contributed by atoms with van der Waals surface area (Å²) < 4.78 is 1.70. The molecule has 2 heterocycles. The van der Waals surface area contributed by atoms with Gasteiger partial charge in [0.2, 0.25) is 0 Å². The van der Waals surface area contributed by atoms with Crippen molar-refractivity contribution in [2.45, 2.75) is 27.3 Å². The van der Waals surface area contributed by atoms with Crippen molar-refractivity contribution < 1.29 is 4.79 Å². The summed E-state index contributed by atoms with van der Waals surface area (Å²) in [6.45, 7) is 5.73. The highest BCUT2D eigenvalue weighted by atomic mass is 16.1. The van der Waals surface area contributed by atoms with Gasteiger partial charge >= 0.3 is 0 Å². The van der Waals surface area contributed by atoms with Crippen molar-refractivity contribution in [2.24, 2.45) is 7.05 Å². The zero-order valence-corrected chi connectivity index (χ0v) is 15.3. The summed E-state index contributed by atoms with van der Waals surface area (Å²) in [4.78, 5) is 27.5. The SMILES string of the molecule is Cc1cc(C)c(CNC(=O)c2[c]c(-c3cnn(C)c3)ccc2C)c(=O)[nH]1. The molecule has 1 aromatic carbocycles.